The molecule has 5 heteroatoms. The molecular formula is C13H14IN3O. The first-order valence-corrected chi connectivity index (χ1v) is 6.59. The minimum atomic E-state index is 0.710. The molecule has 0 aliphatic carbocycles. The van der Waals surface area contributed by atoms with Gasteiger partial charge < -0.3 is 9.64 Å². The van der Waals surface area contributed by atoms with Crippen molar-refractivity contribution in [1.82, 2.24) is 9.97 Å². The van der Waals surface area contributed by atoms with Gasteiger partial charge in [-0.3, -0.25) is 0 Å². The molecule has 0 aliphatic rings. The molecule has 0 fully saturated rings. The third kappa shape index (κ3) is 3.10. The summed E-state index contributed by atoms with van der Waals surface area (Å²) in [5, 5.41) is 0. The fourth-order valence-corrected chi connectivity index (χ4v) is 1.94. The molecule has 0 amide bonds. The Bertz CT molecular complexity index is 516. The molecule has 2 rings (SSSR count). The van der Waals surface area contributed by atoms with Gasteiger partial charge in [0.2, 0.25) is 5.95 Å². The van der Waals surface area contributed by atoms with Crippen LogP contribution in [-0.4, -0.2) is 24.1 Å². The van der Waals surface area contributed by atoms with E-state index >= 15 is 0 Å². The second-order valence-corrected chi connectivity index (χ2v) is 5.11. The Labute approximate surface area is 120 Å². The standard InChI is InChI=1S/C13H14IN3O/c1-17(13-15-7-11(14)8-16-13)9-10-5-3-4-6-12(10)18-2/h3-8H,9H2,1-2H3. The molecule has 18 heavy (non-hydrogen) atoms. The number of hydrogen-bond acceptors (Lipinski definition) is 4. The van der Waals surface area contributed by atoms with Crippen molar-refractivity contribution in [3.8, 4) is 5.75 Å². The van der Waals surface area contributed by atoms with Crippen LogP contribution in [0.25, 0.3) is 0 Å². The molecule has 94 valence electrons. The number of anilines is 1. The minimum Gasteiger partial charge on any atom is -0.496 e. The van der Waals surface area contributed by atoms with Crippen molar-refractivity contribution in [1.29, 1.82) is 0 Å². The zero-order chi connectivity index (χ0) is 13.0. The van der Waals surface area contributed by atoms with Crippen LogP contribution in [0.15, 0.2) is 36.7 Å². The largest absolute Gasteiger partial charge is 0.496 e. The van der Waals surface area contributed by atoms with Gasteiger partial charge in [0.05, 0.1) is 7.11 Å². The first-order valence-electron chi connectivity index (χ1n) is 5.51. The van der Waals surface area contributed by atoms with Crippen molar-refractivity contribution >= 4 is 28.5 Å². The Balaban J connectivity index is 2.15. The Morgan fingerprint density at radius 3 is 2.56 bits per heavy atom. The highest BCUT2D eigenvalue weighted by Crippen LogP contribution is 2.20. The third-order valence-electron chi connectivity index (χ3n) is 2.55. The Morgan fingerprint density at radius 2 is 1.89 bits per heavy atom. The van der Waals surface area contributed by atoms with E-state index < -0.39 is 0 Å². The molecule has 0 bridgehead atoms. The summed E-state index contributed by atoms with van der Waals surface area (Å²) >= 11 is 2.19. The fourth-order valence-electron chi connectivity index (χ4n) is 1.66. The molecule has 0 saturated carbocycles. The number of ether oxygens (including phenoxy) is 1. The van der Waals surface area contributed by atoms with E-state index in [0.717, 1.165) is 14.9 Å². The van der Waals surface area contributed by atoms with E-state index in [1.807, 2.05) is 48.6 Å². The van der Waals surface area contributed by atoms with E-state index in [1.165, 1.54) is 0 Å². The van der Waals surface area contributed by atoms with Crippen LogP contribution in [0, 0.1) is 3.57 Å². The summed E-state index contributed by atoms with van der Waals surface area (Å²) in [4.78, 5) is 10.6. The maximum atomic E-state index is 5.33. The van der Waals surface area contributed by atoms with Gasteiger partial charge in [0.15, 0.2) is 0 Å². The quantitative estimate of drug-likeness (QED) is 0.791. The van der Waals surface area contributed by atoms with Gasteiger partial charge in [0.1, 0.15) is 5.75 Å². The molecule has 0 spiro atoms. The smallest absolute Gasteiger partial charge is 0.225 e. The lowest BCUT2D eigenvalue weighted by Gasteiger charge is -2.18. The van der Waals surface area contributed by atoms with E-state index in [9.17, 15) is 0 Å². The van der Waals surface area contributed by atoms with Gasteiger partial charge in [-0.05, 0) is 28.7 Å². The Kier molecular flexibility index (Phi) is 4.35. The van der Waals surface area contributed by atoms with Crippen LogP contribution < -0.4 is 9.64 Å². The summed E-state index contributed by atoms with van der Waals surface area (Å²) in [7, 11) is 3.65. The van der Waals surface area contributed by atoms with Crippen molar-refractivity contribution in [2.75, 3.05) is 19.1 Å². The lowest BCUT2D eigenvalue weighted by molar-refractivity contribution is 0.409. The second-order valence-electron chi connectivity index (χ2n) is 3.87. The van der Waals surface area contributed by atoms with Crippen LogP contribution in [0.4, 0.5) is 5.95 Å². The molecule has 1 aromatic carbocycles. The number of para-hydroxylation sites is 1. The number of aromatic nitrogens is 2. The third-order valence-corrected chi connectivity index (χ3v) is 3.11. The van der Waals surface area contributed by atoms with Gasteiger partial charge in [-0.25, -0.2) is 9.97 Å². The first-order chi connectivity index (χ1) is 8.70. The minimum absolute atomic E-state index is 0.710. The summed E-state index contributed by atoms with van der Waals surface area (Å²) < 4.78 is 6.36. The maximum absolute atomic E-state index is 5.33. The average Bonchev–Trinajstić information content (AvgIpc) is 2.40. The summed E-state index contributed by atoms with van der Waals surface area (Å²) in [6.45, 7) is 0.713. The van der Waals surface area contributed by atoms with E-state index in [0.29, 0.717) is 12.5 Å². The molecule has 0 unspecified atom stereocenters. The molecular weight excluding hydrogens is 341 g/mol. The molecule has 1 aromatic heterocycles. The molecule has 0 radical (unpaired) electrons. The van der Waals surface area contributed by atoms with Crippen LogP contribution in [0.5, 0.6) is 5.75 Å². The number of rotatable bonds is 4. The normalized spacial score (nSPS) is 10.2. The molecule has 0 saturated heterocycles. The second kappa shape index (κ2) is 5.99. The Hall–Kier alpha value is -1.37. The van der Waals surface area contributed by atoms with Crippen LogP contribution in [-0.2, 0) is 6.54 Å². The van der Waals surface area contributed by atoms with Gasteiger partial charge in [-0.1, -0.05) is 18.2 Å². The van der Waals surface area contributed by atoms with Gasteiger partial charge in [0, 0.05) is 35.1 Å². The number of benzene rings is 1. The van der Waals surface area contributed by atoms with Gasteiger partial charge in [0.25, 0.3) is 0 Å². The zero-order valence-electron chi connectivity index (χ0n) is 10.3. The predicted octanol–water partition coefficient (Wildman–Crippen LogP) is 2.73. The molecule has 0 N–H and O–H groups in total. The highest BCUT2D eigenvalue weighted by Gasteiger charge is 2.08. The van der Waals surface area contributed by atoms with Gasteiger partial charge in [-0.2, -0.15) is 0 Å². The maximum Gasteiger partial charge on any atom is 0.225 e. The van der Waals surface area contributed by atoms with Crippen LogP contribution >= 0.6 is 22.6 Å². The van der Waals surface area contributed by atoms with E-state index in [1.54, 1.807) is 7.11 Å². The van der Waals surface area contributed by atoms with Crippen molar-refractivity contribution in [3.05, 3.63) is 45.8 Å². The summed E-state index contributed by atoms with van der Waals surface area (Å²) in [5.74, 6) is 1.59. The molecule has 4 nitrogen and oxygen atoms in total. The van der Waals surface area contributed by atoms with Gasteiger partial charge in [-0.15, -0.1) is 0 Å². The van der Waals surface area contributed by atoms with E-state index in [2.05, 4.69) is 32.6 Å². The topological polar surface area (TPSA) is 38.2 Å². The Morgan fingerprint density at radius 1 is 1.22 bits per heavy atom. The molecule has 2 aromatic rings. The molecule has 0 atom stereocenters. The lowest BCUT2D eigenvalue weighted by atomic mass is 10.2. The van der Waals surface area contributed by atoms with Crippen molar-refractivity contribution in [2.45, 2.75) is 6.54 Å². The van der Waals surface area contributed by atoms with Crippen molar-refractivity contribution in [2.24, 2.45) is 0 Å². The van der Waals surface area contributed by atoms with Gasteiger partial charge >= 0.3 is 0 Å². The number of hydrogen-bond donors (Lipinski definition) is 0. The van der Waals surface area contributed by atoms with Crippen molar-refractivity contribution in [3.63, 3.8) is 0 Å². The van der Waals surface area contributed by atoms with Crippen molar-refractivity contribution < 1.29 is 4.74 Å². The number of nitrogens with zero attached hydrogens (tertiary/aromatic N) is 3. The zero-order valence-corrected chi connectivity index (χ0v) is 12.5. The number of halogens is 1. The lowest BCUT2D eigenvalue weighted by Crippen LogP contribution is -2.19. The summed E-state index contributed by atoms with van der Waals surface area (Å²) in [5.41, 5.74) is 1.12. The fraction of sp³-hybridized carbons (Fsp3) is 0.231. The van der Waals surface area contributed by atoms with E-state index in [-0.39, 0.29) is 0 Å². The van der Waals surface area contributed by atoms with Crippen LogP contribution in [0.1, 0.15) is 5.56 Å². The molecule has 0 aliphatic heterocycles. The summed E-state index contributed by atoms with van der Waals surface area (Å²) in [6.07, 6.45) is 3.61. The highest BCUT2D eigenvalue weighted by atomic mass is 127. The average molecular weight is 355 g/mol. The van der Waals surface area contributed by atoms with Crippen LogP contribution in [0.2, 0.25) is 0 Å². The van der Waals surface area contributed by atoms with Crippen LogP contribution in [0.3, 0.4) is 0 Å². The first kappa shape index (κ1) is 13.1. The summed E-state index contributed by atoms with van der Waals surface area (Å²) in [6, 6.07) is 7.96. The highest BCUT2D eigenvalue weighted by molar-refractivity contribution is 14.1. The molecule has 1 heterocycles. The predicted molar refractivity (Wildman–Crippen MR) is 79.9 cm³/mol. The SMILES string of the molecule is COc1ccccc1CN(C)c1ncc(I)cn1. The number of methoxy groups -OCH3 is 1. The van der Waals surface area contributed by atoms with E-state index in [4.69, 9.17) is 4.74 Å². The monoisotopic (exact) mass is 355 g/mol.